The Balaban J connectivity index is 1.41. The fourth-order valence-corrected chi connectivity index (χ4v) is 6.44. The number of nitrogens with zero attached hydrogens (tertiary/aromatic N) is 2. The number of aromatic nitrogens is 2. The molecule has 0 bridgehead atoms. The van der Waals surface area contributed by atoms with E-state index >= 15 is 0 Å². The van der Waals surface area contributed by atoms with E-state index in [1.165, 1.54) is 6.26 Å². The zero-order valence-electron chi connectivity index (χ0n) is 23.2. The largest absolute Gasteiger partial charge is 0.492 e. The van der Waals surface area contributed by atoms with Crippen molar-refractivity contribution in [3.8, 4) is 16.9 Å². The highest BCUT2D eigenvalue weighted by Gasteiger charge is 2.27. The molecule has 0 atom stereocenters. The summed E-state index contributed by atoms with van der Waals surface area (Å²) in [5.74, 6) is 0.632. The molecule has 0 unspecified atom stereocenters. The molecule has 1 aliphatic rings. The van der Waals surface area contributed by atoms with Crippen molar-refractivity contribution < 1.29 is 17.9 Å². The van der Waals surface area contributed by atoms with Gasteiger partial charge < -0.3 is 25.3 Å². The molecule has 5 rings (SSSR count). The van der Waals surface area contributed by atoms with Gasteiger partial charge in [-0.25, -0.2) is 12.7 Å². The van der Waals surface area contributed by atoms with Gasteiger partial charge >= 0.3 is 0 Å². The van der Waals surface area contributed by atoms with Crippen LogP contribution in [0.1, 0.15) is 42.6 Å². The molecular formula is C30H35N5O4S2. The van der Waals surface area contributed by atoms with Crippen LogP contribution in [-0.4, -0.2) is 59.1 Å². The maximum absolute atomic E-state index is 12.7. The summed E-state index contributed by atoms with van der Waals surface area (Å²) >= 11 is 5.21. The molecule has 4 N–H and O–H groups in total. The van der Waals surface area contributed by atoms with Gasteiger partial charge in [-0.3, -0.25) is 4.79 Å². The molecular weight excluding hydrogens is 558 g/mol. The summed E-state index contributed by atoms with van der Waals surface area (Å²) < 4.78 is 33.5. The lowest BCUT2D eigenvalue weighted by Crippen LogP contribution is -2.38. The molecule has 1 saturated heterocycles. The summed E-state index contributed by atoms with van der Waals surface area (Å²) in [5.41, 5.74) is 11.6. The van der Waals surface area contributed by atoms with Gasteiger partial charge in [-0.1, -0.05) is 42.5 Å². The standard InChI is InChI=1S/C30H35N5O4S2/c1-3-39-25-15-23(32-18-25)16-29(36)33-17-20-7-8-26-27(21-5-4-6-22(14-21)30(31)40)19-35(28(26)13-20)24-9-11-34(12-10-24)41(2,37)38/h4-8,13-15,18-19,24,32H,3,9-12,16-17H2,1-2H3,(H2,31,40)(H,33,36). The quantitative estimate of drug-likeness (QED) is 0.238. The maximum atomic E-state index is 12.7. The molecule has 216 valence electrons. The number of rotatable bonds is 10. The molecule has 0 saturated carbocycles. The molecule has 0 spiro atoms. The van der Waals surface area contributed by atoms with Crippen molar-refractivity contribution in [2.45, 2.75) is 38.8 Å². The lowest BCUT2D eigenvalue weighted by atomic mass is 10.0. The first-order chi connectivity index (χ1) is 19.6. The average molecular weight is 594 g/mol. The summed E-state index contributed by atoms with van der Waals surface area (Å²) in [5, 5.41) is 4.09. The number of hydrogen-bond donors (Lipinski definition) is 3. The highest BCUT2D eigenvalue weighted by Crippen LogP contribution is 2.36. The molecule has 4 aromatic rings. The predicted octanol–water partition coefficient (Wildman–Crippen LogP) is 4.12. The van der Waals surface area contributed by atoms with Crippen LogP contribution in [0.15, 0.2) is 60.9 Å². The number of fused-ring (bicyclic) bond motifs is 1. The summed E-state index contributed by atoms with van der Waals surface area (Å²) in [6.07, 6.45) is 6.82. The van der Waals surface area contributed by atoms with Gasteiger partial charge in [-0.15, -0.1) is 0 Å². The second-order valence-corrected chi connectivity index (χ2v) is 12.8. The highest BCUT2D eigenvalue weighted by molar-refractivity contribution is 7.88. The fraction of sp³-hybridized carbons (Fsp3) is 0.333. The van der Waals surface area contributed by atoms with Crippen LogP contribution >= 0.6 is 12.2 Å². The number of benzene rings is 2. The van der Waals surface area contributed by atoms with E-state index in [2.05, 4.69) is 33.2 Å². The van der Waals surface area contributed by atoms with E-state index in [0.717, 1.165) is 44.6 Å². The SMILES string of the molecule is CCOc1c[nH]c(CC(=O)NCc2ccc3c(-c4cccc(C(N)=S)c4)cn(C4CCN(S(C)(=O)=O)CC4)c3c2)c1. The number of hydrogen-bond acceptors (Lipinski definition) is 5. The van der Waals surface area contributed by atoms with Crippen LogP contribution in [0.4, 0.5) is 0 Å². The second-order valence-electron chi connectivity index (χ2n) is 10.4. The lowest BCUT2D eigenvalue weighted by molar-refractivity contribution is -0.120. The predicted molar refractivity (Wildman–Crippen MR) is 165 cm³/mol. The molecule has 0 radical (unpaired) electrons. The van der Waals surface area contributed by atoms with Crippen LogP contribution in [0.5, 0.6) is 5.75 Å². The number of carbonyl (C=O) groups excluding carboxylic acids is 1. The van der Waals surface area contributed by atoms with Crippen molar-refractivity contribution in [2.75, 3.05) is 26.0 Å². The molecule has 11 heteroatoms. The van der Waals surface area contributed by atoms with E-state index in [1.807, 2.05) is 43.3 Å². The zero-order chi connectivity index (χ0) is 29.1. The third-order valence-corrected chi connectivity index (χ3v) is 9.05. The first-order valence-electron chi connectivity index (χ1n) is 13.7. The van der Waals surface area contributed by atoms with E-state index < -0.39 is 10.0 Å². The Morgan fingerprint density at radius 1 is 1.17 bits per heavy atom. The topological polar surface area (TPSA) is 122 Å². The molecule has 41 heavy (non-hydrogen) atoms. The Bertz CT molecular complexity index is 1680. The van der Waals surface area contributed by atoms with Crippen molar-refractivity contribution in [1.82, 2.24) is 19.2 Å². The number of aromatic amines is 1. The van der Waals surface area contributed by atoms with Crippen molar-refractivity contribution in [2.24, 2.45) is 5.73 Å². The van der Waals surface area contributed by atoms with E-state index in [0.29, 0.717) is 44.1 Å². The Kier molecular flexibility index (Phi) is 8.48. The van der Waals surface area contributed by atoms with Crippen LogP contribution < -0.4 is 15.8 Å². The Morgan fingerprint density at radius 2 is 1.95 bits per heavy atom. The van der Waals surface area contributed by atoms with Crippen molar-refractivity contribution >= 4 is 44.0 Å². The van der Waals surface area contributed by atoms with Gasteiger partial charge in [0.1, 0.15) is 10.7 Å². The van der Waals surface area contributed by atoms with Crippen LogP contribution in [0.2, 0.25) is 0 Å². The number of nitrogens with one attached hydrogen (secondary N) is 2. The minimum absolute atomic E-state index is 0.0891. The number of sulfonamides is 1. The number of nitrogens with two attached hydrogens (primary N) is 1. The number of piperidine rings is 1. The van der Waals surface area contributed by atoms with E-state index in [1.54, 1.807) is 10.5 Å². The smallest absolute Gasteiger partial charge is 0.226 e. The molecule has 2 aromatic carbocycles. The van der Waals surface area contributed by atoms with Gasteiger partial charge in [0.15, 0.2) is 0 Å². The molecule has 2 aromatic heterocycles. The number of thiocarbonyl (C=S) groups is 1. The first-order valence-corrected chi connectivity index (χ1v) is 15.9. The van der Waals surface area contributed by atoms with Gasteiger partial charge in [-0.05, 0) is 43.0 Å². The lowest BCUT2D eigenvalue weighted by Gasteiger charge is -2.31. The summed E-state index contributed by atoms with van der Waals surface area (Å²) in [6, 6.07) is 16.1. The van der Waals surface area contributed by atoms with Gasteiger partial charge in [0.25, 0.3) is 0 Å². The molecule has 1 fully saturated rings. The molecule has 3 heterocycles. The van der Waals surface area contributed by atoms with Gasteiger partial charge in [0.05, 0.1) is 19.3 Å². The molecule has 0 aliphatic carbocycles. The number of H-pyrrole nitrogens is 1. The zero-order valence-corrected chi connectivity index (χ0v) is 24.9. The van der Waals surface area contributed by atoms with Crippen LogP contribution in [0, 0.1) is 0 Å². The Hall–Kier alpha value is -3.67. The minimum atomic E-state index is -3.22. The summed E-state index contributed by atoms with van der Waals surface area (Å²) in [4.78, 5) is 16.1. The average Bonchev–Trinajstić information content (AvgIpc) is 3.56. The Morgan fingerprint density at radius 3 is 2.66 bits per heavy atom. The third kappa shape index (κ3) is 6.64. The molecule has 1 amide bonds. The Labute approximate surface area is 245 Å². The number of amides is 1. The maximum Gasteiger partial charge on any atom is 0.226 e. The van der Waals surface area contributed by atoms with Crippen molar-refractivity contribution in [3.05, 3.63) is 77.7 Å². The van der Waals surface area contributed by atoms with Crippen LogP contribution in [0.25, 0.3) is 22.0 Å². The van der Waals surface area contributed by atoms with Gasteiger partial charge in [-0.2, -0.15) is 0 Å². The molecule has 9 nitrogen and oxygen atoms in total. The van der Waals surface area contributed by atoms with Crippen molar-refractivity contribution in [1.29, 1.82) is 0 Å². The van der Waals surface area contributed by atoms with Gasteiger partial charge in [0.2, 0.25) is 15.9 Å². The fourth-order valence-electron chi connectivity index (χ4n) is 5.44. The van der Waals surface area contributed by atoms with Crippen LogP contribution in [-0.2, 0) is 27.8 Å². The molecule has 1 aliphatic heterocycles. The second kappa shape index (κ2) is 12.1. The normalized spacial score (nSPS) is 14.8. The van der Waals surface area contributed by atoms with Crippen LogP contribution in [0.3, 0.4) is 0 Å². The number of ether oxygens (including phenoxy) is 1. The number of carbonyl (C=O) groups is 1. The highest BCUT2D eigenvalue weighted by atomic mass is 32.2. The minimum Gasteiger partial charge on any atom is -0.492 e. The summed E-state index contributed by atoms with van der Waals surface area (Å²) in [7, 11) is -3.22. The van der Waals surface area contributed by atoms with E-state index in [9.17, 15) is 13.2 Å². The van der Waals surface area contributed by atoms with Crippen molar-refractivity contribution in [3.63, 3.8) is 0 Å². The summed E-state index contributed by atoms with van der Waals surface area (Å²) in [6.45, 7) is 3.83. The monoisotopic (exact) mass is 593 g/mol. The first kappa shape index (κ1) is 28.8. The van der Waals surface area contributed by atoms with E-state index in [4.69, 9.17) is 22.7 Å². The van der Waals surface area contributed by atoms with Gasteiger partial charge in [0, 0.05) is 71.9 Å². The third-order valence-electron chi connectivity index (χ3n) is 7.51. The van der Waals surface area contributed by atoms with E-state index in [-0.39, 0.29) is 18.4 Å².